The van der Waals surface area contributed by atoms with Gasteiger partial charge in [0.1, 0.15) is 5.71 Å². The highest BCUT2D eigenvalue weighted by Crippen LogP contribution is 2.32. The Bertz CT molecular complexity index is 819. The maximum atomic E-state index is 12.8. The molecule has 0 aliphatic heterocycles. The van der Waals surface area contributed by atoms with Crippen LogP contribution < -0.4 is 0 Å². The van der Waals surface area contributed by atoms with Crippen LogP contribution in [0.4, 0.5) is 13.2 Å². The van der Waals surface area contributed by atoms with Crippen LogP contribution in [0.2, 0.25) is 0 Å². The number of nitrogens with one attached hydrogen (secondary N) is 1. The first-order valence-electron chi connectivity index (χ1n) is 6.05. The molecule has 0 atom stereocenters. The zero-order valence-corrected chi connectivity index (χ0v) is 10.3. The second-order valence-electron chi connectivity index (χ2n) is 4.56. The van der Waals surface area contributed by atoms with Crippen LogP contribution in [0.25, 0.3) is 21.5 Å². The van der Waals surface area contributed by atoms with Gasteiger partial charge in [0.2, 0.25) is 0 Å². The number of hydrogen-bond donors (Lipinski definition) is 1. The molecule has 1 N–H and O–H groups in total. The number of benzene rings is 3. The molecule has 0 amide bonds. The van der Waals surface area contributed by atoms with Crippen molar-refractivity contribution in [3.8, 4) is 0 Å². The highest BCUT2D eigenvalue weighted by atomic mass is 19.4. The Morgan fingerprint density at radius 3 is 2.00 bits per heavy atom. The molecule has 0 fully saturated rings. The van der Waals surface area contributed by atoms with Crippen molar-refractivity contribution < 1.29 is 13.2 Å². The molecule has 0 spiro atoms. The number of hydrogen-bond acceptors (Lipinski definition) is 1. The Morgan fingerprint density at radius 2 is 1.35 bits per heavy atom. The lowest BCUT2D eigenvalue weighted by Gasteiger charge is -2.13. The van der Waals surface area contributed by atoms with Crippen molar-refractivity contribution in [1.29, 1.82) is 5.41 Å². The highest BCUT2D eigenvalue weighted by molar-refractivity contribution is 6.19. The van der Waals surface area contributed by atoms with Crippen molar-refractivity contribution in [1.82, 2.24) is 0 Å². The van der Waals surface area contributed by atoms with Gasteiger partial charge < -0.3 is 0 Å². The van der Waals surface area contributed by atoms with Crippen molar-refractivity contribution in [3.05, 3.63) is 60.2 Å². The quantitative estimate of drug-likeness (QED) is 0.480. The number of alkyl halides is 3. The second kappa shape index (κ2) is 4.34. The van der Waals surface area contributed by atoms with E-state index in [2.05, 4.69) is 0 Å². The Kier molecular flexibility index (Phi) is 2.74. The molecule has 0 radical (unpaired) electrons. The topological polar surface area (TPSA) is 23.9 Å². The third-order valence-electron chi connectivity index (χ3n) is 3.32. The molecule has 1 nitrogen and oxygen atoms in total. The van der Waals surface area contributed by atoms with Gasteiger partial charge in [-0.2, -0.15) is 13.2 Å². The lowest BCUT2D eigenvalue weighted by Crippen LogP contribution is -2.23. The van der Waals surface area contributed by atoms with E-state index >= 15 is 0 Å². The largest absolute Gasteiger partial charge is 0.433 e. The Hall–Kier alpha value is -2.36. The van der Waals surface area contributed by atoms with Crippen LogP contribution in [0.15, 0.2) is 54.6 Å². The number of halogens is 3. The lowest BCUT2D eigenvalue weighted by atomic mass is 9.95. The molecule has 3 aromatic carbocycles. The molecule has 3 rings (SSSR count). The molecular formula is C16H10F3N. The summed E-state index contributed by atoms with van der Waals surface area (Å²) in [6.45, 7) is 0. The molecule has 4 heteroatoms. The molecule has 0 saturated carbocycles. The smallest absolute Gasteiger partial charge is 0.296 e. The lowest BCUT2D eigenvalue weighted by molar-refractivity contribution is -0.0587. The minimum atomic E-state index is -4.65. The van der Waals surface area contributed by atoms with E-state index in [4.69, 9.17) is 5.41 Å². The van der Waals surface area contributed by atoms with Crippen LogP contribution in [-0.2, 0) is 0 Å². The summed E-state index contributed by atoms with van der Waals surface area (Å²) < 4.78 is 38.5. The van der Waals surface area contributed by atoms with Crippen LogP contribution in [0, 0.1) is 5.41 Å². The summed E-state index contributed by atoms with van der Waals surface area (Å²) in [7, 11) is 0. The van der Waals surface area contributed by atoms with Crippen molar-refractivity contribution in [3.63, 3.8) is 0 Å². The summed E-state index contributed by atoms with van der Waals surface area (Å²) in [4.78, 5) is 0. The average molecular weight is 273 g/mol. The van der Waals surface area contributed by atoms with E-state index in [1.54, 1.807) is 36.4 Å². The molecule has 0 bridgehead atoms. The van der Waals surface area contributed by atoms with Crippen LogP contribution in [-0.4, -0.2) is 11.9 Å². The van der Waals surface area contributed by atoms with E-state index in [1.807, 2.05) is 12.1 Å². The van der Waals surface area contributed by atoms with Gasteiger partial charge >= 0.3 is 6.18 Å². The Labute approximate surface area is 113 Å². The van der Waals surface area contributed by atoms with Gasteiger partial charge in [-0.3, -0.25) is 5.41 Å². The second-order valence-corrected chi connectivity index (χ2v) is 4.56. The molecule has 0 aromatic heterocycles. The zero-order chi connectivity index (χ0) is 14.3. The van der Waals surface area contributed by atoms with Gasteiger partial charge in [-0.05, 0) is 27.6 Å². The van der Waals surface area contributed by atoms with Crippen molar-refractivity contribution in [2.24, 2.45) is 0 Å². The molecule has 0 unspecified atom stereocenters. The first-order chi connectivity index (χ1) is 9.48. The molecule has 100 valence electrons. The normalized spacial score (nSPS) is 11.9. The van der Waals surface area contributed by atoms with Crippen LogP contribution in [0.1, 0.15) is 5.56 Å². The van der Waals surface area contributed by atoms with Crippen molar-refractivity contribution >= 4 is 27.3 Å². The molecule has 20 heavy (non-hydrogen) atoms. The van der Waals surface area contributed by atoms with Crippen molar-refractivity contribution in [2.75, 3.05) is 0 Å². The van der Waals surface area contributed by atoms with Gasteiger partial charge in [0, 0.05) is 5.56 Å². The molecule has 0 aliphatic rings. The Morgan fingerprint density at radius 1 is 0.800 bits per heavy atom. The summed E-state index contributed by atoms with van der Waals surface area (Å²) in [5, 5.41) is 10.2. The third kappa shape index (κ3) is 1.93. The fourth-order valence-corrected chi connectivity index (χ4v) is 2.41. The zero-order valence-electron chi connectivity index (χ0n) is 10.3. The molecule has 0 heterocycles. The minimum Gasteiger partial charge on any atom is -0.296 e. The SMILES string of the molecule is N=C(c1cc2ccccc2c2ccccc12)C(F)(F)F. The fraction of sp³-hybridized carbons (Fsp3) is 0.0625. The van der Waals surface area contributed by atoms with Gasteiger partial charge in [0.05, 0.1) is 0 Å². The van der Waals surface area contributed by atoms with E-state index < -0.39 is 11.9 Å². The van der Waals surface area contributed by atoms with Crippen LogP contribution in [0.3, 0.4) is 0 Å². The highest BCUT2D eigenvalue weighted by Gasteiger charge is 2.36. The predicted octanol–water partition coefficient (Wildman–Crippen LogP) is 4.92. The predicted molar refractivity (Wildman–Crippen MR) is 74.3 cm³/mol. The van der Waals surface area contributed by atoms with E-state index in [1.165, 1.54) is 6.07 Å². The third-order valence-corrected chi connectivity index (χ3v) is 3.32. The average Bonchev–Trinajstić information content (AvgIpc) is 2.44. The maximum Gasteiger partial charge on any atom is 0.433 e. The Balaban J connectivity index is 2.44. The minimum absolute atomic E-state index is 0.0770. The summed E-state index contributed by atoms with van der Waals surface area (Å²) in [5.41, 5.74) is -1.38. The van der Waals surface area contributed by atoms with E-state index in [9.17, 15) is 13.2 Å². The fourth-order valence-electron chi connectivity index (χ4n) is 2.41. The molecular weight excluding hydrogens is 263 g/mol. The monoisotopic (exact) mass is 273 g/mol. The van der Waals surface area contributed by atoms with Crippen molar-refractivity contribution in [2.45, 2.75) is 6.18 Å². The summed E-state index contributed by atoms with van der Waals surface area (Å²) >= 11 is 0. The molecule has 3 aromatic rings. The maximum absolute atomic E-state index is 12.8. The standard InChI is InChI=1S/C16H10F3N/c17-16(18,19)15(20)14-9-10-5-1-2-6-11(10)12-7-3-4-8-13(12)14/h1-9,20H. The molecule has 0 aliphatic carbocycles. The number of rotatable bonds is 1. The summed E-state index contributed by atoms with van der Waals surface area (Å²) in [6.07, 6.45) is -4.65. The van der Waals surface area contributed by atoms with Gasteiger partial charge in [-0.1, -0.05) is 48.5 Å². The van der Waals surface area contributed by atoms with Crippen LogP contribution in [0.5, 0.6) is 0 Å². The first-order valence-corrected chi connectivity index (χ1v) is 6.05. The molecule has 0 saturated heterocycles. The number of fused-ring (bicyclic) bond motifs is 3. The van der Waals surface area contributed by atoms with E-state index in [0.29, 0.717) is 10.8 Å². The van der Waals surface area contributed by atoms with Crippen LogP contribution >= 0.6 is 0 Å². The summed E-state index contributed by atoms with van der Waals surface area (Å²) in [5.74, 6) is 0. The van der Waals surface area contributed by atoms with Gasteiger partial charge in [0.25, 0.3) is 0 Å². The van der Waals surface area contributed by atoms with Gasteiger partial charge in [-0.15, -0.1) is 0 Å². The van der Waals surface area contributed by atoms with Gasteiger partial charge in [-0.25, -0.2) is 0 Å². The van der Waals surface area contributed by atoms with E-state index in [-0.39, 0.29) is 5.56 Å². The first kappa shape index (κ1) is 12.7. The van der Waals surface area contributed by atoms with E-state index in [0.717, 1.165) is 10.8 Å². The summed E-state index contributed by atoms with van der Waals surface area (Å²) in [6, 6.07) is 15.6. The van der Waals surface area contributed by atoms with Gasteiger partial charge in [0.15, 0.2) is 0 Å².